The molecule has 7 nitrogen and oxygen atoms in total. The van der Waals surface area contributed by atoms with Gasteiger partial charge in [0.2, 0.25) is 0 Å². The molecule has 0 saturated carbocycles. The van der Waals surface area contributed by atoms with Crippen molar-refractivity contribution >= 4 is 17.9 Å². The average molecular weight is 513 g/mol. The first-order valence-electron chi connectivity index (χ1n) is 11.6. The highest BCUT2D eigenvalue weighted by molar-refractivity contribution is 5.92. The van der Waals surface area contributed by atoms with Crippen LogP contribution in [0.2, 0.25) is 0 Å². The standard InChI is InChI=1S/C31H28O7/c1-18(2)29(32)36-24-12-8-21(9-13-24)25-14-10-22(16-27(25)35-7)23-11-15-26(37-30(33)19(3)4)28(17-23)38-31(34)20(5)6/h8-17H,1,3,5H2,2,4,6-7H3. The number of carbonyl (C=O) groups excluding carboxylic acids is 3. The topological polar surface area (TPSA) is 88.1 Å². The van der Waals surface area contributed by atoms with Gasteiger partial charge in [0, 0.05) is 22.3 Å². The summed E-state index contributed by atoms with van der Waals surface area (Å²) < 4.78 is 21.7. The monoisotopic (exact) mass is 512 g/mol. The summed E-state index contributed by atoms with van der Waals surface area (Å²) in [7, 11) is 1.56. The molecule has 3 aromatic rings. The molecule has 0 aliphatic carbocycles. The van der Waals surface area contributed by atoms with E-state index in [1.54, 1.807) is 44.4 Å². The average Bonchev–Trinajstić information content (AvgIpc) is 2.89. The SMILES string of the molecule is C=C(C)C(=O)Oc1ccc(-c2ccc(-c3ccc(OC(=O)C(=C)C)c(OC(=O)C(=C)C)c3)cc2OC)cc1. The van der Waals surface area contributed by atoms with Gasteiger partial charge < -0.3 is 18.9 Å². The molecule has 0 unspecified atom stereocenters. The van der Waals surface area contributed by atoms with E-state index in [-0.39, 0.29) is 22.6 Å². The van der Waals surface area contributed by atoms with E-state index >= 15 is 0 Å². The van der Waals surface area contributed by atoms with Crippen LogP contribution in [0.4, 0.5) is 0 Å². The zero-order valence-corrected chi connectivity index (χ0v) is 21.8. The van der Waals surface area contributed by atoms with Gasteiger partial charge in [0.05, 0.1) is 7.11 Å². The number of esters is 3. The Labute approximate surface area is 221 Å². The molecule has 0 N–H and O–H groups in total. The first-order valence-corrected chi connectivity index (χ1v) is 11.6. The number of benzene rings is 3. The van der Waals surface area contributed by atoms with E-state index in [0.717, 1.165) is 16.7 Å². The van der Waals surface area contributed by atoms with Gasteiger partial charge in [0.25, 0.3) is 0 Å². The summed E-state index contributed by atoms with van der Waals surface area (Å²) >= 11 is 0. The van der Waals surface area contributed by atoms with Gasteiger partial charge in [0.1, 0.15) is 11.5 Å². The van der Waals surface area contributed by atoms with Crippen LogP contribution in [0.5, 0.6) is 23.0 Å². The molecule has 0 heterocycles. The molecule has 0 radical (unpaired) electrons. The normalized spacial score (nSPS) is 10.2. The van der Waals surface area contributed by atoms with Crippen LogP contribution in [0.3, 0.4) is 0 Å². The van der Waals surface area contributed by atoms with Crippen LogP contribution in [0.25, 0.3) is 22.3 Å². The molecule has 3 aromatic carbocycles. The minimum atomic E-state index is -0.653. The Morgan fingerprint density at radius 2 is 1.00 bits per heavy atom. The summed E-state index contributed by atoms with van der Waals surface area (Å²) in [4.78, 5) is 36.0. The van der Waals surface area contributed by atoms with Crippen LogP contribution in [0.15, 0.2) is 97.1 Å². The molecule has 0 amide bonds. The molecule has 0 bridgehead atoms. The lowest BCUT2D eigenvalue weighted by Crippen LogP contribution is -2.12. The fourth-order valence-electron chi connectivity index (χ4n) is 3.23. The smallest absolute Gasteiger partial charge is 0.338 e. The van der Waals surface area contributed by atoms with E-state index in [2.05, 4.69) is 19.7 Å². The summed E-state index contributed by atoms with van der Waals surface area (Å²) in [6.45, 7) is 15.4. The van der Waals surface area contributed by atoms with Crippen molar-refractivity contribution in [1.82, 2.24) is 0 Å². The fourth-order valence-corrected chi connectivity index (χ4v) is 3.23. The Morgan fingerprint density at radius 3 is 1.53 bits per heavy atom. The van der Waals surface area contributed by atoms with Crippen LogP contribution in [0.1, 0.15) is 20.8 Å². The zero-order valence-electron chi connectivity index (χ0n) is 21.8. The van der Waals surface area contributed by atoms with E-state index in [9.17, 15) is 14.4 Å². The molecule has 0 fully saturated rings. The van der Waals surface area contributed by atoms with Gasteiger partial charge in [-0.15, -0.1) is 0 Å². The second-order valence-electron chi connectivity index (χ2n) is 8.61. The lowest BCUT2D eigenvalue weighted by Gasteiger charge is -2.14. The van der Waals surface area contributed by atoms with Gasteiger partial charge in [-0.25, -0.2) is 14.4 Å². The summed E-state index contributed by atoms with van der Waals surface area (Å²) in [6.07, 6.45) is 0. The van der Waals surface area contributed by atoms with E-state index in [0.29, 0.717) is 22.6 Å². The Hall–Kier alpha value is -4.91. The molecule has 3 rings (SSSR count). The summed E-state index contributed by atoms with van der Waals surface area (Å²) in [5.41, 5.74) is 3.83. The molecule has 0 aliphatic rings. The highest BCUT2D eigenvalue weighted by Crippen LogP contribution is 2.38. The zero-order chi connectivity index (χ0) is 28.0. The van der Waals surface area contributed by atoms with Crippen molar-refractivity contribution in [2.24, 2.45) is 0 Å². The highest BCUT2D eigenvalue weighted by atomic mass is 16.6. The molecule has 0 aliphatic heterocycles. The Bertz CT molecular complexity index is 1450. The van der Waals surface area contributed by atoms with Crippen LogP contribution < -0.4 is 18.9 Å². The van der Waals surface area contributed by atoms with Crippen molar-refractivity contribution in [3.05, 3.63) is 97.1 Å². The molecule has 38 heavy (non-hydrogen) atoms. The van der Waals surface area contributed by atoms with Gasteiger partial charge >= 0.3 is 17.9 Å². The third-order valence-electron chi connectivity index (χ3n) is 5.31. The van der Waals surface area contributed by atoms with Crippen molar-refractivity contribution in [3.8, 4) is 45.3 Å². The highest BCUT2D eigenvalue weighted by Gasteiger charge is 2.17. The minimum absolute atomic E-state index is 0.0630. The van der Waals surface area contributed by atoms with Crippen molar-refractivity contribution in [1.29, 1.82) is 0 Å². The first-order chi connectivity index (χ1) is 18.0. The van der Waals surface area contributed by atoms with Gasteiger partial charge in [0.15, 0.2) is 11.5 Å². The molecule has 0 spiro atoms. The van der Waals surface area contributed by atoms with Gasteiger partial charge in [-0.05, 0) is 67.8 Å². The van der Waals surface area contributed by atoms with Gasteiger partial charge in [-0.3, -0.25) is 0 Å². The summed E-state index contributed by atoms with van der Waals surface area (Å²) in [5.74, 6) is -0.653. The Kier molecular flexibility index (Phi) is 8.65. The summed E-state index contributed by atoms with van der Waals surface area (Å²) in [6, 6.07) is 17.5. The number of hydrogen-bond acceptors (Lipinski definition) is 7. The molecule has 194 valence electrons. The van der Waals surface area contributed by atoms with Crippen molar-refractivity contribution in [3.63, 3.8) is 0 Å². The molecule has 0 atom stereocenters. The maximum atomic E-state index is 12.2. The molecule has 0 aromatic heterocycles. The minimum Gasteiger partial charge on any atom is -0.496 e. The Balaban J connectivity index is 1.96. The maximum Gasteiger partial charge on any atom is 0.338 e. The lowest BCUT2D eigenvalue weighted by molar-refractivity contribution is -0.132. The number of rotatable bonds is 9. The van der Waals surface area contributed by atoms with Crippen LogP contribution in [-0.4, -0.2) is 25.0 Å². The third kappa shape index (κ3) is 6.64. The number of ether oxygens (including phenoxy) is 4. The second-order valence-corrected chi connectivity index (χ2v) is 8.61. The fraction of sp³-hybridized carbons (Fsp3) is 0.129. The molecular formula is C31H28O7. The van der Waals surface area contributed by atoms with Gasteiger partial charge in [-0.2, -0.15) is 0 Å². The van der Waals surface area contributed by atoms with Crippen molar-refractivity contribution < 1.29 is 33.3 Å². The number of methoxy groups -OCH3 is 1. The Morgan fingerprint density at radius 1 is 0.553 bits per heavy atom. The molecule has 7 heteroatoms. The van der Waals surface area contributed by atoms with E-state index in [1.165, 1.54) is 13.8 Å². The van der Waals surface area contributed by atoms with Crippen LogP contribution in [-0.2, 0) is 14.4 Å². The van der Waals surface area contributed by atoms with E-state index in [4.69, 9.17) is 18.9 Å². The number of carbonyl (C=O) groups is 3. The van der Waals surface area contributed by atoms with E-state index < -0.39 is 17.9 Å². The first kappa shape index (κ1) is 27.7. The largest absolute Gasteiger partial charge is 0.496 e. The molecule has 0 saturated heterocycles. The van der Waals surface area contributed by atoms with Crippen LogP contribution in [0, 0.1) is 0 Å². The number of hydrogen-bond donors (Lipinski definition) is 0. The van der Waals surface area contributed by atoms with Gasteiger partial charge in [-0.1, -0.05) is 50.1 Å². The predicted octanol–water partition coefficient (Wildman–Crippen LogP) is 6.47. The van der Waals surface area contributed by atoms with Crippen molar-refractivity contribution in [2.75, 3.05) is 7.11 Å². The predicted molar refractivity (Wildman–Crippen MR) is 145 cm³/mol. The lowest BCUT2D eigenvalue weighted by atomic mass is 9.98. The third-order valence-corrected chi connectivity index (χ3v) is 5.31. The summed E-state index contributed by atoms with van der Waals surface area (Å²) in [5, 5.41) is 0. The molecular weight excluding hydrogens is 484 g/mol. The van der Waals surface area contributed by atoms with E-state index in [1.807, 2.05) is 30.3 Å². The van der Waals surface area contributed by atoms with Crippen molar-refractivity contribution in [2.45, 2.75) is 20.8 Å². The van der Waals surface area contributed by atoms with Crippen LogP contribution >= 0.6 is 0 Å². The quantitative estimate of drug-likeness (QED) is 0.184. The maximum absolute atomic E-state index is 12.2. The second kappa shape index (κ2) is 11.9.